The predicted molar refractivity (Wildman–Crippen MR) is 73.9 cm³/mol. The lowest BCUT2D eigenvalue weighted by atomic mass is 9.92. The van der Waals surface area contributed by atoms with Gasteiger partial charge in [0.15, 0.2) is 0 Å². The van der Waals surface area contributed by atoms with E-state index in [0.717, 1.165) is 31.0 Å². The molecule has 0 aromatic carbocycles. The lowest BCUT2D eigenvalue weighted by Gasteiger charge is -2.20. The van der Waals surface area contributed by atoms with Gasteiger partial charge in [-0.2, -0.15) is 0 Å². The van der Waals surface area contributed by atoms with E-state index >= 15 is 0 Å². The zero-order chi connectivity index (χ0) is 13.3. The highest BCUT2D eigenvalue weighted by atomic mass is 79.9. The Morgan fingerprint density at radius 2 is 2.22 bits per heavy atom. The molecule has 1 aliphatic heterocycles. The summed E-state index contributed by atoms with van der Waals surface area (Å²) < 4.78 is 6.11. The number of nitrogens with one attached hydrogen (secondary N) is 1. The number of aromatic amines is 1. The van der Waals surface area contributed by atoms with Crippen molar-refractivity contribution in [2.45, 2.75) is 51.6 Å². The first-order chi connectivity index (χ1) is 8.38. The summed E-state index contributed by atoms with van der Waals surface area (Å²) in [7, 11) is 0. The van der Waals surface area contributed by atoms with Gasteiger partial charge in [0.05, 0.1) is 11.8 Å². The molecule has 1 unspecified atom stereocenters. The molecule has 1 atom stereocenters. The van der Waals surface area contributed by atoms with E-state index in [-0.39, 0.29) is 17.1 Å². The maximum absolute atomic E-state index is 11.9. The Morgan fingerprint density at radius 1 is 1.50 bits per heavy atom. The Balaban J connectivity index is 2.32. The molecule has 1 fully saturated rings. The number of aromatic nitrogens is 2. The van der Waals surface area contributed by atoms with Crippen molar-refractivity contribution >= 4 is 15.9 Å². The number of ether oxygens (including phenoxy) is 1. The van der Waals surface area contributed by atoms with Gasteiger partial charge < -0.3 is 9.72 Å². The number of nitrogens with zero attached hydrogens (tertiary/aromatic N) is 1. The Morgan fingerprint density at radius 3 is 2.78 bits per heavy atom. The van der Waals surface area contributed by atoms with Crippen LogP contribution >= 0.6 is 15.9 Å². The second-order valence-electron chi connectivity index (χ2n) is 5.76. The minimum Gasteiger partial charge on any atom is -0.378 e. The highest BCUT2D eigenvalue weighted by Crippen LogP contribution is 2.25. The smallest absolute Gasteiger partial charge is 0.265 e. The van der Waals surface area contributed by atoms with Gasteiger partial charge in [-0.3, -0.25) is 4.79 Å². The normalized spacial score (nSPS) is 20.3. The zero-order valence-electron chi connectivity index (χ0n) is 11.0. The molecule has 0 aliphatic carbocycles. The van der Waals surface area contributed by atoms with E-state index in [1.807, 2.05) is 0 Å². The summed E-state index contributed by atoms with van der Waals surface area (Å²) in [6.07, 6.45) is 3.02. The summed E-state index contributed by atoms with van der Waals surface area (Å²) in [6.45, 7) is 6.97. The molecule has 1 saturated heterocycles. The zero-order valence-corrected chi connectivity index (χ0v) is 12.6. The Bertz CT molecular complexity index is 485. The fourth-order valence-corrected chi connectivity index (χ4v) is 2.90. The van der Waals surface area contributed by atoms with Crippen molar-refractivity contribution < 1.29 is 4.74 Å². The lowest BCUT2D eigenvalue weighted by molar-refractivity contribution is 0.109. The van der Waals surface area contributed by atoms with Crippen LogP contribution in [0.4, 0.5) is 0 Å². The first-order valence-corrected chi connectivity index (χ1v) is 7.08. The third-order valence-corrected chi connectivity index (χ3v) is 3.80. The Labute approximate surface area is 115 Å². The Hall–Kier alpha value is -0.680. The van der Waals surface area contributed by atoms with Gasteiger partial charge in [0.2, 0.25) is 0 Å². The van der Waals surface area contributed by atoms with Gasteiger partial charge in [-0.25, -0.2) is 4.98 Å². The largest absolute Gasteiger partial charge is 0.378 e. The molecule has 0 spiro atoms. The number of halogens is 1. The van der Waals surface area contributed by atoms with Crippen molar-refractivity contribution in [1.29, 1.82) is 0 Å². The van der Waals surface area contributed by atoms with Crippen LogP contribution in [0.25, 0.3) is 0 Å². The second-order valence-corrected chi connectivity index (χ2v) is 6.56. The number of rotatable bonds is 2. The van der Waals surface area contributed by atoms with Gasteiger partial charge in [-0.15, -0.1) is 0 Å². The molecule has 2 rings (SSSR count). The van der Waals surface area contributed by atoms with E-state index in [9.17, 15) is 4.79 Å². The van der Waals surface area contributed by atoms with E-state index in [0.29, 0.717) is 10.9 Å². The van der Waals surface area contributed by atoms with Gasteiger partial charge in [0.1, 0.15) is 10.3 Å². The molecule has 1 N–H and O–H groups in total. The molecule has 18 heavy (non-hydrogen) atoms. The molecule has 0 amide bonds. The van der Waals surface area contributed by atoms with Crippen LogP contribution in [-0.4, -0.2) is 22.7 Å². The molecule has 5 heteroatoms. The first-order valence-electron chi connectivity index (χ1n) is 6.28. The summed E-state index contributed by atoms with van der Waals surface area (Å²) in [4.78, 5) is 19.3. The molecule has 0 bridgehead atoms. The van der Waals surface area contributed by atoms with Crippen molar-refractivity contribution in [2.24, 2.45) is 0 Å². The average Bonchev–Trinajstić information content (AvgIpc) is 2.74. The van der Waals surface area contributed by atoms with E-state index in [1.165, 1.54) is 0 Å². The van der Waals surface area contributed by atoms with Gasteiger partial charge >= 0.3 is 0 Å². The van der Waals surface area contributed by atoms with Crippen molar-refractivity contribution in [3.63, 3.8) is 0 Å². The van der Waals surface area contributed by atoms with Crippen molar-refractivity contribution in [2.75, 3.05) is 6.61 Å². The third kappa shape index (κ3) is 3.01. The van der Waals surface area contributed by atoms with Gasteiger partial charge in [-0.05, 0) is 28.8 Å². The number of H-pyrrole nitrogens is 1. The number of hydrogen-bond donors (Lipinski definition) is 1. The van der Waals surface area contributed by atoms with Crippen LogP contribution < -0.4 is 5.56 Å². The van der Waals surface area contributed by atoms with E-state index < -0.39 is 0 Å². The first kappa shape index (κ1) is 13.7. The SMILES string of the molecule is CC(C)(C)c1nc(CC2CCCO2)[nH]c(=O)c1Br. The maximum atomic E-state index is 11.9. The summed E-state index contributed by atoms with van der Waals surface area (Å²) in [5.41, 5.74) is 0.542. The second kappa shape index (κ2) is 5.13. The summed E-state index contributed by atoms with van der Waals surface area (Å²) in [5, 5.41) is 0. The standard InChI is InChI=1S/C13H19BrN2O2/c1-13(2,3)11-10(14)12(17)16-9(15-11)7-8-5-4-6-18-8/h8H,4-7H2,1-3H3,(H,15,16,17). The monoisotopic (exact) mass is 314 g/mol. The van der Waals surface area contributed by atoms with Crippen LogP contribution in [0.2, 0.25) is 0 Å². The van der Waals surface area contributed by atoms with Crippen LogP contribution in [0, 0.1) is 0 Å². The Kier molecular flexibility index (Phi) is 3.92. The van der Waals surface area contributed by atoms with Crippen molar-refractivity contribution in [1.82, 2.24) is 9.97 Å². The van der Waals surface area contributed by atoms with Gasteiger partial charge in [-0.1, -0.05) is 20.8 Å². The van der Waals surface area contributed by atoms with Crippen LogP contribution in [0.3, 0.4) is 0 Å². The predicted octanol–water partition coefficient (Wildman–Crippen LogP) is 2.55. The molecule has 100 valence electrons. The average molecular weight is 315 g/mol. The minimum absolute atomic E-state index is 0.108. The van der Waals surface area contributed by atoms with Crippen LogP contribution in [0.5, 0.6) is 0 Å². The molecular weight excluding hydrogens is 296 g/mol. The third-order valence-electron chi connectivity index (χ3n) is 3.07. The molecule has 2 heterocycles. The molecule has 1 aromatic rings. The molecule has 4 nitrogen and oxygen atoms in total. The fraction of sp³-hybridized carbons (Fsp3) is 0.692. The quantitative estimate of drug-likeness (QED) is 0.912. The van der Waals surface area contributed by atoms with Crippen molar-refractivity contribution in [3.8, 4) is 0 Å². The minimum atomic E-state index is -0.154. The van der Waals surface area contributed by atoms with E-state index in [2.05, 4.69) is 46.7 Å². The highest BCUT2D eigenvalue weighted by Gasteiger charge is 2.23. The summed E-state index contributed by atoms with van der Waals surface area (Å²) >= 11 is 3.33. The molecule has 1 aromatic heterocycles. The van der Waals surface area contributed by atoms with Crippen LogP contribution in [-0.2, 0) is 16.6 Å². The van der Waals surface area contributed by atoms with Gasteiger partial charge in [0, 0.05) is 18.4 Å². The van der Waals surface area contributed by atoms with Crippen molar-refractivity contribution in [3.05, 3.63) is 26.3 Å². The topological polar surface area (TPSA) is 55.0 Å². The molecule has 0 saturated carbocycles. The van der Waals surface area contributed by atoms with Gasteiger partial charge in [0.25, 0.3) is 5.56 Å². The lowest BCUT2D eigenvalue weighted by Crippen LogP contribution is -2.25. The van der Waals surface area contributed by atoms with E-state index in [4.69, 9.17) is 4.74 Å². The maximum Gasteiger partial charge on any atom is 0.265 e. The summed E-state index contributed by atoms with van der Waals surface area (Å²) in [6, 6.07) is 0. The molecular formula is C13H19BrN2O2. The van der Waals surface area contributed by atoms with E-state index in [1.54, 1.807) is 0 Å². The number of hydrogen-bond acceptors (Lipinski definition) is 3. The summed E-state index contributed by atoms with van der Waals surface area (Å²) in [5.74, 6) is 0.722. The van der Waals surface area contributed by atoms with Crippen LogP contribution in [0.1, 0.15) is 45.1 Å². The highest BCUT2D eigenvalue weighted by molar-refractivity contribution is 9.10. The molecule has 0 radical (unpaired) electrons. The van der Waals surface area contributed by atoms with Crippen LogP contribution in [0.15, 0.2) is 9.27 Å². The molecule has 1 aliphatic rings. The fourth-order valence-electron chi connectivity index (χ4n) is 2.12.